The fraction of sp³-hybridized carbons (Fsp3) is 0.929. The Bertz CT molecular complexity index is 352. The Balaban J connectivity index is -0.000000529. The van der Waals surface area contributed by atoms with Gasteiger partial charge in [0.25, 0.3) is 0 Å². The summed E-state index contributed by atoms with van der Waals surface area (Å²) in [6.45, 7) is 4.49. The van der Waals surface area contributed by atoms with Crippen LogP contribution in [0.25, 0.3) is 0 Å². The molecule has 0 unspecified atom stereocenters. The predicted molar refractivity (Wildman–Crippen MR) is 132 cm³/mol. The van der Waals surface area contributed by atoms with E-state index in [1.807, 2.05) is 0 Å². The molecule has 1 radical (unpaired) electrons. The third kappa shape index (κ3) is 42.1. The Morgan fingerprint density at radius 3 is 0.758 bits per heavy atom. The number of hydrogen-bond acceptors (Lipinski definition) is 4. The van der Waals surface area contributed by atoms with Crippen molar-refractivity contribution < 1.29 is 36.9 Å². The number of rotatable bonds is 24. The smallest absolute Gasteiger partial charge is 0.550 e. The van der Waals surface area contributed by atoms with Crippen molar-refractivity contribution >= 4 is 11.9 Å². The monoisotopic (exact) mass is 509 g/mol. The first kappa shape index (κ1) is 37.0. The molecule has 0 N–H and O–H groups in total. The number of carboxylic acids is 2. The van der Waals surface area contributed by atoms with Gasteiger partial charge in [-0.2, -0.15) is 0 Å². The maximum absolute atomic E-state index is 10.1. The Labute approximate surface area is 216 Å². The third-order valence-electron chi connectivity index (χ3n) is 5.97. The Kier molecular flexibility index (Phi) is 37.7. The summed E-state index contributed by atoms with van der Waals surface area (Å²) in [5.74, 6) is -1.81. The largest absolute Gasteiger partial charge is 2.00 e. The van der Waals surface area contributed by atoms with Crippen LogP contribution in [-0.2, 0) is 26.7 Å². The SMILES string of the molecule is CCCCCCCCCCCCCC(=O)[O-].CCCCCCCCCCCCCC(=O)[O-].[Mn+2]. The quantitative estimate of drug-likeness (QED) is 0.105. The fourth-order valence-corrected chi connectivity index (χ4v) is 3.87. The molecule has 5 heteroatoms. The second-order valence-corrected chi connectivity index (χ2v) is 9.32. The van der Waals surface area contributed by atoms with E-state index in [0.717, 1.165) is 25.7 Å². The maximum Gasteiger partial charge on any atom is 2.00 e. The minimum Gasteiger partial charge on any atom is -0.550 e. The van der Waals surface area contributed by atoms with Crippen molar-refractivity contribution in [1.82, 2.24) is 0 Å². The molecule has 0 fully saturated rings. The zero-order chi connectivity index (χ0) is 24.1. The Morgan fingerprint density at radius 2 is 0.576 bits per heavy atom. The van der Waals surface area contributed by atoms with E-state index in [1.54, 1.807) is 0 Å². The van der Waals surface area contributed by atoms with Crippen LogP contribution < -0.4 is 10.2 Å². The summed E-state index contributed by atoms with van der Waals surface area (Å²) in [5, 5.41) is 20.3. The number of carbonyl (C=O) groups excluding carboxylic acids is 2. The molecule has 0 aliphatic heterocycles. The molecule has 0 aromatic heterocycles. The third-order valence-corrected chi connectivity index (χ3v) is 5.97. The summed E-state index contributed by atoms with van der Waals surface area (Å²) in [6, 6.07) is 0. The van der Waals surface area contributed by atoms with Gasteiger partial charge in [0, 0.05) is 11.9 Å². The molecule has 0 spiro atoms. The van der Waals surface area contributed by atoms with E-state index in [9.17, 15) is 19.8 Å². The van der Waals surface area contributed by atoms with Crippen molar-refractivity contribution in [2.75, 3.05) is 0 Å². The van der Waals surface area contributed by atoms with Crippen LogP contribution in [0.5, 0.6) is 0 Å². The molecule has 0 aromatic rings. The van der Waals surface area contributed by atoms with Crippen molar-refractivity contribution in [3.05, 3.63) is 0 Å². The van der Waals surface area contributed by atoms with Crippen molar-refractivity contribution in [3.63, 3.8) is 0 Å². The van der Waals surface area contributed by atoms with Crippen molar-refractivity contribution in [2.45, 2.75) is 168 Å². The average molecular weight is 510 g/mol. The molecule has 33 heavy (non-hydrogen) atoms. The summed E-state index contributed by atoms with van der Waals surface area (Å²) >= 11 is 0. The second-order valence-electron chi connectivity index (χ2n) is 9.32. The molecule has 0 atom stereocenters. The van der Waals surface area contributed by atoms with Gasteiger partial charge in [-0.3, -0.25) is 0 Å². The van der Waals surface area contributed by atoms with Gasteiger partial charge in [-0.15, -0.1) is 0 Å². The van der Waals surface area contributed by atoms with Gasteiger partial charge in [0.15, 0.2) is 0 Å². The number of carbonyl (C=O) groups is 2. The maximum atomic E-state index is 10.1. The van der Waals surface area contributed by atoms with Gasteiger partial charge >= 0.3 is 17.1 Å². The first-order valence-corrected chi connectivity index (χ1v) is 13.9. The summed E-state index contributed by atoms with van der Waals surface area (Å²) < 4.78 is 0. The second kappa shape index (κ2) is 33.6. The van der Waals surface area contributed by atoms with E-state index in [0.29, 0.717) is 0 Å². The zero-order valence-electron chi connectivity index (χ0n) is 22.0. The fourth-order valence-electron chi connectivity index (χ4n) is 3.87. The van der Waals surface area contributed by atoms with Crippen LogP contribution in [0.3, 0.4) is 0 Å². The first-order chi connectivity index (χ1) is 15.5. The molecule has 0 bridgehead atoms. The normalized spacial score (nSPS) is 10.2. The molecule has 0 aliphatic carbocycles. The molecule has 197 valence electrons. The Morgan fingerprint density at radius 1 is 0.394 bits per heavy atom. The molecule has 0 aliphatic rings. The average Bonchev–Trinajstić information content (AvgIpc) is 2.76. The van der Waals surface area contributed by atoms with Crippen LogP contribution >= 0.6 is 0 Å². The summed E-state index contributed by atoms with van der Waals surface area (Å²) in [6.07, 6.45) is 28.1. The molecular weight excluding hydrogens is 455 g/mol. The van der Waals surface area contributed by atoms with E-state index >= 15 is 0 Å². The van der Waals surface area contributed by atoms with Gasteiger partial charge in [0.2, 0.25) is 0 Å². The van der Waals surface area contributed by atoms with Gasteiger partial charge in [0.05, 0.1) is 0 Å². The number of hydrogen-bond donors (Lipinski definition) is 0. The number of carboxylic acid groups (broad SMARTS) is 2. The van der Waals surface area contributed by atoms with Crippen molar-refractivity contribution in [2.24, 2.45) is 0 Å². The molecule has 0 aromatic carbocycles. The predicted octanol–water partition coefficient (Wildman–Crippen LogP) is 6.87. The van der Waals surface area contributed by atoms with Gasteiger partial charge < -0.3 is 19.8 Å². The molecule has 0 saturated carbocycles. The summed E-state index contributed by atoms with van der Waals surface area (Å²) in [5.41, 5.74) is 0. The van der Waals surface area contributed by atoms with Crippen LogP contribution in [0, 0.1) is 0 Å². The van der Waals surface area contributed by atoms with Crippen LogP contribution in [-0.4, -0.2) is 11.9 Å². The summed E-state index contributed by atoms with van der Waals surface area (Å²) in [4.78, 5) is 20.3. The number of aliphatic carboxylic acids is 2. The van der Waals surface area contributed by atoms with E-state index < -0.39 is 11.9 Å². The minimum absolute atomic E-state index is 0. The zero-order valence-corrected chi connectivity index (χ0v) is 23.2. The Hall–Kier alpha value is -0.541. The molecule has 0 saturated heterocycles. The summed E-state index contributed by atoms with van der Waals surface area (Å²) in [7, 11) is 0. The van der Waals surface area contributed by atoms with E-state index in [1.165, 1.54) is 116 Å². The van der Waals surface area contributed by atoms with Crippen LogP contribution in [0.4, 0.5) is 0 Å². The van der Waals surface area contributed by atoms with E-state index in [2.05, 4.69) is 13.8 Å². The standard InChI is InChI=1S/2C14H28O2.Mn/c2*1-2-3-4-5-6-7-8-9-10-11-12-13-14(15)16;/h2*2-13H2,1H3,(H,15,16);/q;;+2/p-2. The van der Waals surface area contributed by atoms with Gasteiger partial charge in [0.1, 0.15) is 0 Å². The topological polar surface area (TPSA) is 80.3 Å². The first-order valence-electron chi connectivity index (χ1n) is 13.9. The molecule has 0 amide bonds. The van der Waals surface area contributed by atoms with Crippen molar-refractivity contribution in [3.8, 4) is 0 Å². The van der Waals surface area contributed by atoms with Crippen LogP contribution in [0.1, 0.15) is 168 Å². The molecular formula is C28H54MnO4. The van der Waals surface area contributed by atoms with E-state index in [-0.39, 0.29) is 29.9 Å². The molecule has 4 nitrogen and oxygen atoms in total. The molecule has 0 rings (SSSR count). The molecule has 0 heterocycles. The van der Waals surface area contributed by atoms with Gasteiger partial charge in [-0.1, -0.05) is 142 Å². The van der Waals surface area contributed by atoms with Crippen LogP contribution in [0.15, 0.2) is 0 Å². The van der Waals surface area contributed by atoms with Crippen molar-refractivity contribution in [1.29, 1.82) is 0 Å². The van der Waals surface area contributed by atoms with E-state index in [4.69, 9.17) is 0 Å². The van der Waals surface area contributed by atoms with Gasteiger partial charge in [-0.25, -0.2) is 0 Å². The van der Waals surface area contributed by atoms with Crippen LogP contribution in [0.2, 0.25) is 0 Å². The number of unbranched alkanes of at least 4 members (excludes halogenated alkanes) is 20. The van der Waals surface area contributed by atoms with Gasteiger partial charge in [-0.05, 0) is 25.7 Å². The minimum atomic E-state index is -0.907.